The quantitative estimate of drug-likeness (QED) is 0.156. The molecule has 3 aliphatic rings. The number of anilines is 2. The van der Waals surface area contributed by atoms with Crippen LogP contribution in [0.5, 0.6) is 17.2 Å². The Morgan fingerprint density at radius 2 is 1.64 bits per heavy atom. The lowest BCUT2D eigenvalue weighted by atomic mass is 9.78. The molecule has 0 aliphatic carbocycles. The van der Waals surface area contributed by atoms with Crippen molar-refractivity contribution in [1.29, 1.82) is 0 Å². The standard InChI is InChI=1S/C43H57N5O11/c1-20-12-11-13-21(2)41(55)44-33-32-31(45-42(46-32)48-17-15-47(9)16-18-48)28-29(37(33)53)36(52)25(6)39-30(28)40(54)43(8,59-39)57-19-14-27(56-10)22(3)38(58-26(7)49)24(5)35(51)23(4)34(20)50/h11-14,19-20,22-24,27,34-35,38,50-53H,15-18H2,1-10H3,(H,44,55)(H,45,46)/b12-11+,19-14+,21-13-/t20-,22-,23-,24-,27+,34+,35+,38+,43+/m1/s1. The van der Waals surface area contributed by atoms with Crippen LogP contribution in [0.15, 0.2) is 36.1 Å². The number of aliphatic hydroxyl groups is 2. The Balaban J connectivity index is 1.54. The lowest BCUT2D eigenvalue weighted by Crippen LogP contribution is -2.46. The van der Waals surface area contributed by atoms with Crippen LogP contribution in [0.25, 0.3) is 21.8 Å². The molecule has 0 unspecified atom stereocenters. The minimum absolute atomic E-state index is 0.0243. The summed E-state index contributed by atoms with van der Waals surface area (Å²) in [6, 6.07) is 0. The Kier molecular flexibility index (Phi) is 12.4. The number of phenolic OH excluding ortho intramolecular Hbond substituents is 2. The van der Waals surface area contributed by atoms with Gasteiger partial charge in [0.15, 0.2) is 5.75 Å². The molecule has 9 atom stereocenters. The summed E-state index contributed by atoms with van der Waals surface area (Å²) in [5.74, 6) is -6.49. The number of H-pyrrole nitrogens is 1. The molecule has 4 heterocycles. The van der Waals surface area contributed by atoms with Gasteiger partial charge in [-0.3, -0.25) is 14.4 Å². The second-order valence-electron chi connectivity index (χ2n) is 16.4. The highest BCUT2D eigenvalue weighted by Crippen LogP contribution is 2.54. The first kappa shape index (κ1) is 43.4. The van der Waals surface area contributed by atoms with Crippen molar-refractivity contribution in [1.82, 2.24) is 14.9 Å². The van der Waals surface area contributed by atoms with Crippen LogP contribution < -0.4 is 15.0 Å². The molecule has 2 aromatic carbocycles. The molecule has 1 amide bonds. The third-order valence-corrected chi connectivity index (χ3v) is 12.3. The molecular formula is C43H57N5O11. The number of esters is 1. The molecular weight excluding hydrogens is 762 g/mol. The van der Waals surface area contributed by atoms with E-state index in [0.717, 1.165) is 13.1 Å². The molecule has 1 saturated heterocycles. The second kappa shape index (κ2) is 16.8. The highest BCUT2D eigenvalue weighted by molar-refractivity contribution is 6.28. The van der Waals surface area contributed by atoms with E-state index in [-0.39, 0.29) is 55.7 Å². The Labute approximate surface area is 343 Å². The number of hydrogen-bond acceptors (Lipinski definition) is 14. The molecule has 1 aromatic heterocycles. The van der Waals surface area contributed by atoms with Gasteiger partial charge in [-0.2, -0.15) is 0 Å². The average molecular weight is 820 g/mol. The van der Waals surface area contributed by atoms with Gasteiger partial charge in [-0.05, 0) is 27.0 Å². The van der Waals surface area contributed by atoms with Crippen molar-refractivity contribution in [3.63, 3.8) is 0 Å². The van der Waals surface area contributed by atoms with Crippen molar-refractivity contribution in [2.75, 3.05) is 50.6 Å². The maximum absolute atomic E-state index is 14.6. The summed E-state index contributed by atoms with van der Waals surface area (Å²) in [6.07, 6.45) is 3.92. The first-order valence-corrected chi connectivity index (χ1v) is 20.0. The van der Waals surface area contributed by atoms with Crippen LogP contribution in [0.2, 0.25) is 0 Å². The number of likely N-dealkylation sites (N-methyl/N-ethyl adjacent to an activating group) is 1. The fourth-order valence-corrected chi connectivity index (χ4v) is 8.37. The molecule has 16 heteroatoms. The van der Waals surface area contributed by atoms with E-state index in [4.69, 9.17) is 23.9 Å². The van der Waals surface area contributed by atoms with E-state index < -0.39 is 77.3 Å². The Morgan fingerprint density at radius 1 is 0.966 bits per heavy atom. The highest BCUT2D eigenvalue weighted by atomic mass is 16.7. The number of amides is 1. The molecule has 59 heavy (non-hydrogen) atoms. The van der Waals surface area contributed by atoms with Crippen molar-refractivity contribution in [2.45, 2.75) is 85.6 Å². The number of imidazole rings is 1. The summed E-state index contributed by atoms with van der Waals surface area (Å²) in [5.41, 5.74) is 0.801. The number of carbonyl (C=O) groups is 3. The zero-order chi connectivity index (χ0) is 43.2. The molecule has 0 spiro atoms. The molecule has 3 aromatic rings. The molecule has 0 radical (unpaired) electrons. The number of aromatic nitrogens is 2. The summed E-state index contributed by atoms with van der Waals surface area (Å²) in [7, 11) is 3.49. The number of phenols is 2. The fourth-order valence-electron chi connectivity index (χ4n) is 8.37. The lowest BCUT2D eigenvalue weighted by molar-refractivity contribution is -0.160. The van der Waals surface area contributed by atoms with Gasteiger partial charge in [0.05, 0.1) is 41.0 Å². The summed E-state index contributed by atoms with van der Waals surface area (Å²) < 4.78 is 23.9. The van der Waals surface area contributed by atoms with Crippen molar-refractivity contribution < 1.29 is 53.8 Å². The van der Waals surface area contributed by atoms with E-state index in [2.05, 4.69) is 15.2 Å². The summed E-state index contributed by atoms with van der Waals surface area (Å²) in [5, 5.41) is 49.5. The van der Waals surface area contributed by atoms with Gasteiger partial charge in [0, 0.05) is 87.3 Å². The van der Waals surface area contributed by atoms with Crippen LogP contribution in [0, 0.1) is 30.6 Å². The van der Waals surface area contributed by atoms with Gasteiger partial charge in [-0.15, -0.1) is 0 Å². The average Bonchev–Trinajstić information content (AvgIpc) is 3.76. The van der Waals surface area contributed by atoms with Crippen LogP contribution in [0.3, 0.4) is 0 Å². The number of fused-ring (bicyclic) bond motifs is 1. The van der Waals surface area contributed by atoms with Crippen molar-refractivity contribution in [3.8, 4) is 17.2 Å². The SMILES string of the molecule is CO[C@H]1/C=C/O[C@@]2(C)Oc3c(C)c(O)c4c(O)c(c5[nH]c(N6CCN(C)CC6)nc5c4c3C2=O)NC(=O)/C(C)=C\C=C\[C@@H](C)[C@H](O)[C@@H](C)[C@H](O)[C@@H](C)[C@@H](OC(C)=O)[C@@H]1C. The van der Waals surface area contributed by atoms with Crippen molar-refractivity contribution >= 4 is 51.1 Å². The number of Topliss-reactive ketones (excluding diaryl/α,β-unsaturated/α-hetero) is 1. The van der Waals surface area contributed by atoms with Gasteiger partial charge in [0.2, 0.25) is 5.95 Å². The predicted octanol–water partition coefficient (Wildman–Crippen LogP) is 4.68. The van der Waals surface area contributed by atoms with Crippen LogP contribution in [0.4, 0.5) is 11.6 Å². The first-order chi connectivity index (χ1) is 27.8. The van der Waals surface area contributed by atoms with E-state index in [1.165, 1.54) is 27.2 Å². The van der Waals surface area contributed by atoms with Crippen molar-refractivity contribution in [3.05, 3.63) is 47.3 Å². The number of allylic oxidation sites excluding steroid dienone is 2. The zero-order valence-corrected chi connectivity index (χ0v) is 35.3. The van der Waals surface area contributed by atoms with E-state index in [0.29, 0.717) is 19.0 Å². The smallest absolute Gasteiger partial charge is 0.312 e. The van der Waals surface area contributed by atoms with Gasteiger partial charge in [0.25, 0.3) is 11.7 Å². The summed E-state index contributed by atoms with van der Waals surface area (Å²) in [6.45, 7) is 15.6. The minimum Gasteiger partial charge on any atom is -0.507 e. The number of aliphatic hydroxyl groups excluding tert-OH is 2. The largest absolute Gasteiger partial charge is 0.507 e. The third-order valence-electron chi connectivity index (χ3n) is 12.3. The number of benzene rings is 2. The van der Waals surface area contributed by atoms with Gasteiger partial charge in [-0.1, -0.05) is 45.9 Å². The molecule has 0 saturated carbocycles. The van der Waals surface area contributed by atoms with E-state index in [1.54, 1.807) is 65.8 Å². The first-order valence-electron chi connectivity index (χ1n) is 20.0. The Hall–Kier alpha value is -5.16. The number of methoxy groups -OCH3 is 1. The van der Waals surface area contributed by atoms with Gasteiger partial charge < -0.3 is 59.5 Å². The number of ketones is 1. The second-order valence-corrected chi connectivity index (χ2v) is 16.4. The topological polar surface area (TPSA) is 216 Å². The molecule has 3 aliphatic heterocycles. The predicted molar refractivity (Wildman–Crippen MR) is 222 cm³/mol. The number of nitrogens with one attached hydrogen (secondary N) is 2. The van der Waals surface area contributed by atoms with Crippen LogP contribution in [-0.4, -0.2) is 123 Å². The maximum atomic E-state index is 14.6. The Morgan fingerprint density at radius 3 is 2.29 bits per heavy atom. The number of nitrogens with zero attached hydrogens (tertiary/aromatic N) is 3. The number of carbonyl (C=O) groups excluding carboxylic acids is 3. The zero-order valence-electron chi connectivity index (χ0n) is 35.3. The van der Waals surface area contributed by atoms with Crippen LogP contribution in [-0.2, 0) is 23.8 Å². The number of aromatic hydroxyl groups is 2. The number of rotatable bonds is 3. The van der Waals surface area contributed by atoms with Crippen LogP contribution >= 0.6 is 0 Å². The minimum atomic E-state index is -1.96. The van der Waals surface area contributed by atoms with Gasteiger partial charge >= 0.3 is 11.8 Å². The monoisotopic (exact) mass is 819 g/mol. The number of aromatic amines is 1. The van der Waals surface area contributed by atoms with E-state index in [1.807, 2.05) is 11.9 Å². The van der Waals surface area contributed by atoms with Crippen LogP contribution in [0.1, 0.15) is 64.4 Å². The normalized spacial score (nSPS) is 32.1. The maximum Gasteiger partial charge on any atom is 0.312 e. The third kappa shape index (κ3) is 7.98. The number of piperazine rings is 1. The van der Waals surface area contributed by atoms with Gasteiger partial charge in [-0.25, -0.2) is 4.98 Å². The number of ether oxygens (including phenoxy) is 4. The molecule has 4 bridgehead atoms. The van der Waals surface area contributed by atoms with Gasteiger partial charge in [0.1, 0.15) is 28.8 Å². The fraction of sp³-hybridized carbons (Fsp3) is 0.535. The Bertz CT molecular complexity index is 2220. The van der Waals surface area contributed by atoms with Crippen molar-refractivity contribution in [2.24, 2.45) is 23.7 Å². The summed E-state index contributed by atoms with van der Waals surface area (Å²) >= 11 is 0. The molecule has 6 rings (SSSR count). The highest BCUT2D eigenvalue weighted by Gasteiger charge is 2.50. The molecule has 6 N–H and O–H groups in total. The van der Waals surface area contributed by atoms with E-state index >= 15 is 0 Å². The summed E-state index contributed by atoms with van der Waals surface area (Å²) in [4.78, 5) is 53.2. The lowest BCUT2D eigenvalue weighted by Gasteiger charge is -2.38. The molecule has 16 nitrogen and oxygen atoms in total. The molecule has 320 valence electrons. The van der Waals surface area contributed by atoms with E-state index in [9.17, 15) is 34.8 Å². The number of hydrogen-bond donors (Lipinski definition) is 6. The molecule has 1 fully saturated rings.